The summed E-state index contributed by atoms with van der Waals surface area (Å²) in [4.78, 5) is 14.1. The lowest BCUT2D eigenvalue weighted by atomic mass is 10.1. The monoisotopic (exact) mass is 429 g/mol. The number of hydrogen-bond acceptors (Lipinski definition) is 1. The van der Waals surface area contributed by atoms with Crippen molar-refractivity contribution >= 4 is 44.4 Å². The molecular formula is C15H13BrINO. The molecule has 0 bridgehead atoms. The smallest absolute Gasteiger partial charge is 0.255 e. The van der Waals surface area contributed by atoms with Crippen molar-refractivity contribution in [3.05, 3.63) is 67.7 Å². The van der Waals surface area contributed by atoms with Crippen LogP contribution in [0.2, 0.25) is 0 Å². The van der Waals surface area contributed by atoms with Crippen LogP contribution in [0.5, 0.6) is 0 Å². The van der Waals surface area contributed by atoms with Gasteiger partial charge in [-0.2, -0.15) is 0 Å². The van der Waals surface area contributed by atoms with Crippen molar-refractivity contribution in [2.24, 2.45) is 0 Å². The summed E-state index contributed by atoms with van der Waals surface area (Å²) in [7, 11) is 1.82. The van der Waals surface area contributed by atoms with Crippen molar-refractivity contribution in [3.63, 3.8) is 0 Å². The van der Waals surface area contributed by atoms with Crippen LogP contribution in [-0.2, 0) is 6.54 Å². The lowest BCUT2D eigenvalue weighted by Crippen LogP contribution is -2.26. The maximum Gasteiger partial charge on any atom is 0.255 e. The molecule has 0 N–H and O–H groups in total. The summed E-state index contributed by atoms with van der Waals surface area (Å²) in [5.74, 6) is 0.0224. The predicted molar refractivity (Wildman–Crippen MR) is 89.1 cm³/mol. The fraction of sp³-hybridized carbons (Fsp3) is 0.133. The van der Waals surface area contributed by atoms with Gasteiger partial charge in [-0.05, 0) is 62.3 Å². The zero-order valence-corrected chi connectivity index (χ0v) is 14.2. The van der Waals surface area contributed by atoms with Crippen molar-refractivity contribution in [3.8, 4) is 0 Å². The zero-order chi connectivity index (χ0) is 13.8. The molecule has 19 heavy (non-hydrogen) atoms. The standard InChI is InChI=1S/C15H13BrINO/c1-18(10-11-5-3-2-4-6-11)15(19)13-9-12(17)7-8-14(13)16/h2-9H,10H2,1H3. The van der Waals surface area contributed by atoms with Crippen molar-refractivity contribution in [2.45, 2.75) is 6.54 Å². The highest BCUT2D eigenvalue weighted by Crippen LogP contribution is 2.21. The number of benzene rings is 2. The Morgan fingerprint density at radius 1 is 1.21 bits per heavy atom. The van der Waals surface area contributed by atoms with Gasteiger partial charge in [0.1, 0.15) is 0 Å². The Labute approximate surface area is 135 Å². The van der Waals surface area contributed by atoms with E-state index in [1.54, 1.807) is 4.90 Å². The Bertz CT molecular complexity index is 586. The van der Waals surface area contributed by atoms with Crippen LogP contribution in [0, 0.1) is 3.57 Å². The van der Waals surface area contributed by atoms with Gasteiger partial charge in [0.05, 0.1) is 5.56 Å². The van der Waals surface area contributed by atoms with Crippen LogP contribution in [0.4, 0.5) is 0 Å². The van der Waals surface area contributed by atoms with Crippen LogP contribution in [-0.4, -0.2) is 17.9 Å². The predicted octanol–water partition coefficient (Wildman–Crippen LogP) is 4.33. The Morgan fingerprint density at radius 3 is 2.58 bits per heavy atom. The zero-order valence-electron chi connectivity index (χ0n) is 10.4. The van der Waals surface area contributed by atoms with E-state index in [-0.39, 0.29) is 5.91 Å². The van der Waals surface area contributed by atoms with Gasteiger partial charge >= 0.3 is 0 Å². The summed E-state index contributed by atoms with van der Waals surface area (Å²) >= 11 is 5.64. The molecule has 0 fully saturated rings. The number of rotatable bonds is 3. The summed E-state index contributed by atoms with van der Waals surface area (Å²) in [6, 6.07) is 15.8. The Hall–Kier alpha value is -0.880. The first kappa shape index (κ1) is 14.5. The van der Waals surface area contributed by atoms with Gasteiger partial charge in [-0.3, -0.25) is 4.79 Å². The minimum absolute atomic E-state index is 0.0224. The van der Waals surface area contributed by atoms with Gasteiger partial charge in [-0.15, -0.1) is 0 Å². The molecule has 0 saturated heterocycles. The van der Waals surface area contributed by atoms with E-state index in [9.17, 15) is 4.79 Å². The van der Waals surface area contributed by atoms with Gasteiger partial charge in [0.15, 0.2) is 0 Å². The SMILES string of the molecule is CN(Cc1ccccc1)C(=O)c1cc(I)ccc1Br. The van der Waals surface area contributed by atoms with E-state index in [0.29, 0.717) is 12.1 Å². The molecule has 0 unspecified atom stereocenters. The largest absolute Gasteiger partial charge is 0.337 e. The number of halogens is 2. The lowest BCUT2D eigenvalue weighted by molar-refractivity contribution is 0.0784. The van der Waals surface area contributed by atoms with E-state index < -0.39 is 0 Å². The van der Waals surface area contributed by atoms with Crippen LogP contribution in [0.1, 0.15) is 15.9 Å². The molecule has 1 amide bonds. The molecular weight excluding hydrogens is 417 g/mol. The van der Waals surface area contributed by atoms with E-state index in [4.69, 9.17) is 0 Å². The molecule has 98 valence electrons. The Morgan fingerprint density at radius 2 is 1.89 bits per heavy atom. The highest BCUT2D eigenvalue weighted by atomic mass is 127. The van der Waals surface area contributed by atoms with Crippen LogP contribution in [0.15, 0.2) is 53.0 Å². The molecule has 0 aliphatic heterocycles. The second-order valence-corrected chi connectivity index (χ2v) is 6.37. The minimum atomic E-state index is 0.0224. The summed E-state index contributed by atoms with van der Waals surface area (Å²) in [5.41, 5.74) is 1.82. The molecule has 0 aliphatic rings. The molecule has 2 nitrogen and oxygen atoms in total. The van der Waals surface area contributed by atoms with Gasteiger partial charge in [0.25, 0.3) is 5.91 Å². The van der Waals surface area contributed by atoms with Gasteiger partial charge in [-0.1, -0.05) is 30.3 Å². The molecule has 2 aromatic carbocycles. The summed E-state index contributed by atoms with van der Waals surface area (Å²) < 4.78 is 1.88. The van der Waals surface area contributed by atoms with Gasteiger partial charge in [0, 0.05) is 21.6 Å². The summed E-state index contributed by atoms with van der Waals surface area (Å²) in [6.07, 6.45) is 0. The third-order valence-electron chi connectivity index (χ3n) is 2.77. The molecule has 0 spiro atoms. The number of hydrogen-bond donors (Lipinski definition) is 0. The number of amides is 1. The summed E-state index contributed by atoms with van der Waals surface area (Å²) in [5, 5.41) is 0. The number of nitrogens with zero attached hydrogens (tertiary/aromatic N) is 1. The van der Waals surface area contributed by atoms with E-state index in [2.05, 4.69) is 38.5 Å². The first-order chi connectivity index (χ1) is 9.08. The maximum atomic E-state index is 12.4. The molecule has 0 radical (unpaired) electrons. The third-order valence-corrected chi connectivity index (χ3v) is 4.13. The van der Waals surface area contributed by atoms with Crippen LogP contribution in [0.3, 0.4) is 0 Å². The normalized spacial score (nSPS) is 10.3. The molecule has 0 aliphatic carbocycles. The third kappa shape index (κ3) is 3.79. The minimum Gasteiger partial charge on any atom is -0.337 e. The average molecular weight is 430 g/mol. The number of carbonyl (C=O) groups is 1. The van der Waals surface area contributed by atoms with Crippen LogP contribution < -0.4 is 0 Å². The molecule has 2 rings (SSSR count). The molecule has 2 aromatic rings. The van der Waals surface area contributed by atoms with Crippen molar-refractivity contribution in [1.29, 1.82) is 0 Å². The fourth-order valence-electron chi connectivity index (χ4n) is 1.80. The summed E-state index contributed by atoms with van der Waals surface area (Å²) in [6.45, 7) is 0.609. The van der Waals surface area contributed by atoms with Crippen molar-refractivity contribution in [2.75, 3.05) is 7.05 Å². The van der Waals surface area contributed by atoms with E-state index in [1.165, 1.54) is 0 Å². The number of carbonyl (C=O) groups excluding carboxylic acids is 1. The van der Waals surface area contributed by atoms with Gasteiger partial charge < -0.3 is 4.90 Å². The molecule has 0 atom stereocenters. The van der Waals surface area contributed by atoms with E-state index >= 15 is 0 Å². The van der Waals surface area contributed by atoms with Crippen molar-refractivity contribution < 1.29 is 4.79 Å². The van der Waals surface area contributed by atoms with Crippen molar-refractivity contribution in [1.82, 2.24) is 4.90 Å². The topological polar surface area (TPSA) is 20.3 Å². The average Bonchev–Trinajstić information content (AvgIpc) is 2.42. The second-order valence-electron chi connectivity index (χ2n) is 4.27. The quantitative estimate of drug-likeness (QED) is 0.665. The van der Waals surface area contributed by atoms with E-state index in [0.717, 1.165) is 13.6 Å². The first-order valence-electron chi connectivity index (χ1n) is 5.82. The fourth-order valence-corrected chi connectivity index (χ4v) is 2.70. The van der Waals surface area contributed by atoms with Crippen LogP contribution in [0.25, 0.3) is 0 Å². The molecule has 0 heterocycles. The molecule has 4 heteroatoms. The highest BCUT2D eigenvalue weighted by Gasteiger charge is 2.15. The maximum absolute atomic E-state index is 12.4. The van der Waals surface area contributed by atoms with Crippen LogP contribution >= 0.6 is 38.5 Å². The first-order valence-corrected chi connectivity index (χ1v) is 7.69. The van der Waals surface area contributed by atoms with E-state index in [1.807, 2.05) is 55.6 Å². The van der Waals surface area contributed by atoms with Gasteiger partial charge in [-0.25, -0.2) is 0 Å². The molecule has 0 aromatic heterocycles. The second kappa shape index (κ2) is 6.52. The highest BCUT2D eigenvalue weighted by molar-refractivity contribution is 14.1. The van der Waals surface area contributed by atoms with Gasteiger partial charge in [0.2, 0.25) is 0 Å². The Kier molecular flexibility index (Phi) is 4.99. The Balaban J connectivity index is 2.17. The molecule has 0 saturated carbocycles. The lowest BCUT2D eigenvalue weighted by Gasteiger charge is -2.18.